The topological polar surface area (TPSA) is 49.4 Å². The number of benzene rings is 2. The molecule has 1 N–H and O–H groups in total. The maximum atomic E-state index is 12.3. The Morgan fingerprint density at radius 1 is 1.21 bits per heavy atom. The van der Waals surface area contributed by atoms with Gasteiger partial charge in [-0.1, -0.05) is 23.7 Å². The Morgan fingerprint density at radius 2 is 2.04 bits per heavy atom. The number of rotatable bonds is 4. The molecule has 1 heterocycles. The SMILES string of the molecule is CC(=O)N1CCc2cc(C(=O)NCCc3cccc(Cl)c3)ccc21. The van der Waals surface area contributed by atoms with Crippen molar-refractivity contribution in [2.45, 2.75) is 19.8 Å². The van der Waals surface area contributed by atoms with Gasteiger partial charge in [0.05, 0.1) is 0 Å². The summed E-state index contributed by atoms with van der Waals surface area (Å²) >= 11 is 5.96. The molecule has 0 aromatic heterocycles. The molecule has 124 valence electrons. The number of hydrogen-bond donors (Lipinski definition) is 1. The predicted octanol–water partition coefficient (Wildman–Crippen LogP) is 3.22. The van der Waals surface area contributed by atoms with Gasteiger partial charge in [-0.25, -0.2) is 0 Å². The molecule has 0 spiro atoms. The molecule has 24 heavy (non-hydrogen) atoms. The van der Waals surface area contributed by atoms with Crippen LogP contribution in [0.15, 0.2) is 42.5 Å². The number of amides is 2. The van der Waals surface area contributed by atoms with Gasteiger partial charge in [0.15, 0.2) is 0 Å². The highest BCUT2D eigenvalue weighted by molar-refractivity contribution is 6.30. The van der Waals surface area contributed by atoms with Crippen LogP contribution in [0.5, 0.6) is 0 Å². The number of halogens is 1. The lowest BCUT2D eigenvalue weighted by Gasteiger charge is -2.14. The summed E-state index contributed by atoms with van der Waals surface area (Å²) in [4.78, 5) is 25.6. The normalized spacial score (nSPS) is 12.8. The summed E-state index contributed by atoms with van der Waals surface area (Å²) < 4.78 is 0. The third-order valence-corrected chi connectivity index (χ3v) is 4.44. The van der Waals surface area contributed by atoms with Gasteiger partial charge in [0.1, 0.15) is 0 Å². The number of carbonyl (C=O) groups is 2. The van der Waals surface area contributed by atoms with Crippen LogP contribution < -0.4 is 10.2 Å². The minimum atomic E-state index is -0.0962. The van der Waals surface area contributed by atoms with Crippen LogP contribution in [0.25, 0.3) is 0 Å². The first-order valence-corrected chi connectivity index (χ1v) is 8.36. The average Bonchev–Trinajstić information content (AvgIpc) is 2.98. The van der Waals surface area contributed by atoms with E-state index in [1.54, 1.807) is 17.9 Å². The van der Waals surface area contributed by atoms with Gasteiger partial charge >= 0.3 is 0 Å². The highest BCUT2D eigenvalue weighted by atomic mass is 35.5. The zero-order valence-electron chi connectivity index (χ0n) is 13.5. The summed E-state index contributed by atoms with van der Waals surface area (Å²) in [5.41, 5.74) is 3.68. The van der Waals surface area contributed by atoms with Gasteiger partial charge in [0, 0.05) is 36.3 Å². The van der Waals surface area contributed by atoms with E-state index in [0.717, 1.165) is 29.7 Å². The zero-order valence-corrected chi connectivity index (χ0v) is 14.3. The van der Waals surface area contributed by atoms with Crippen LogP contribution in [0.1, 0.15) is 28.4 Å². The predicted molar refractivity (Wildman–Crippen MR) is 95.7 cm³/mol. The van der Waals surface area contributed by atoms with Crippen molar-refractivity contribution in [3.63, 3.8) is 0 Å². The van der Waals surface area contributed by atoms with Crippen molar-refractivity contribution in [2.75, 3.05) is 18.0 Å². The summed E-state index contributed by atoms with van der Waals surface area (Å²) in [5, 5.41) is 3.63. The number of carbonyl (C=O) groups excluding carboxylic acids is 2. The molecule has 0 bridgehead atoms. The average molecular weight is 343 g/mol. The summed E-state index contributed by atoms with van der Waals surface area (Å²) in [6.45, 7) is 2.80. The maximum Gasteiger partial charge on any atom is 0.251 e. The molecule has 0 saturated carbocycles. The summed E-state index contributed by atoms with van der Waals surface area (Å²) in [6.07, 6.45) is 1.52. The molecule has 5 heteroatoms. The largest absolute Gasteiger partial charge is 0.352 e. The molecule has 1 aliphatic heterocycles. The van der Waals surface area contributed by atoms with Crippen LogP contribution in [0.4, 0.5) is 5.69 Å². The smallest absolute Gasteiger partial charge is 0.251 e. The highest BCUT2D eigenvalue weighted by Crippen LogP contribution is 2.28. The lowest BCUT2D eigenvalue weighted by Crippen LogP contribution is -2.26. The number of nitrogens with one attached hydrogen (secondary N) is 1. The van der Waals surface area contributed by atoms with E-state index in [1.807, 2.05) is 36.4 Å². The Balaban J connectivity index is 1.61. The Kier molecular flexibility index (Phi) is 4.86. The van der Waals surface area contributed by atoms with E-state index in [2.05, 4.69) is 5.32 Å². The minimum absolute atomic E-state index is 0.0347. The van der Waals surface area contributed by atoms with Gasteiger partial charge < -0.3 is 10.2 Å². The zero-order chi connectivity index (χ0) is 17.1. The van der Waals surface area contributed by atoms with Gasteiger partial charge in [0.25, 0.3) is 5.91 Å². The monoisotopic (exact) mass is 342 g/mol. The summed E-state index contributed by atoms with van der Waals surface area (Å²) in [6, 6.07) is 13.1. The first-order chi connectivity index (χ1) is 11.5. The van der Waals surface area contributed by atoms with Crippen molar-refractivity contribution in [1.82, 2.24) is 5.32 Å². The van der Waals surface area contributed by atoms with Crippen LogP contribution in [0.3, 0.4) is 0 Å². The van der Waals surface area contributed by atoms with E-state index >= 15 is 0 Å². The fraction of sp³-hybridized carbons (Fsp3) is 0.263. The molecule has 0 aliphatic carbocycles. The fourth-order valence-corrected chi connectivity index (χ4v) is 3.20. The summed E-state index contributed by atoms with van der Waals surface area (Å²) in [7, 11) is 0. The van der Waals surface area contributed by atoms with Gasteiger partial charge in [-0.15, -0.1) is 0 Å². The third kappa shape index (κ3) is 3.60. The Hall–Kier alpha value is -2.33. The summed E-state index contributed by atoms with van der Waals surface area (Å²) in [5.74, 6) is -0.0615. The molecular formula is C19H19ClN2O2. The van der Waals surface area contributed by atoms with Crippen LogP contribution in [-0.4, -0.2) is 24.9 Å². The van der Waals surface area contributed by atoms with Gasteiger partial charge in [0.2, 0.25) is 5.91 Å². The maximum absolute atomic E-state index is 12.3. The molecule has 2 amide bonds. The minimum Gasteiger partial charge on any atom is -0.352 e. The number of anilines is 1. The van der Waals surface area contributed by atoms with Crippen molar-refractivity contribution in [3.05, 3.63) is 64.2 Å². The van der Waals surface area contributed by atoms with Crippen LogP contribution in [0.2, 0.25) is 5.02 Å². The molecule has 3 rings (SSSR count). The van der Waals surface area contributed by atoms with Crippen molar-refractivity contribution >= 4 is 29.1 Å². The van der Waals surface area contributed by atoms with E-state index < -0.39 is 0 Å². The van der Waals surface area contributed by atoms with E-state index in [-0.39, 0.29) is 11.8 Å². The van der Waals surface area contributed by atoms with Gasteiger partial charge in [-0.3, -0.25) is 9.59 Å². The van der Waals surface area contributed by atoms with Crippen molar-refractivity contribution < 1.29 is 9.59 Å². The second-order valence-corrected chi connectivity index (χ2v) is 6.34. The number of hydrogen-bond acceptors (Lipinski definition) is 2. The van der Waals surface area contributed by atoms with Gasteiger partial charge in [-0.2, -0.15) is 0 Å². The molecular weight excluding hydrogens is 324 g/mol. The van der Waals surface area contributed by atoms with Crippen LogP contribution in [-0.2, 0) is 17.6 Å². The highest BCUT2D eigenvalue weighted by Gasteiger charge is 2.22. The lowest BCUT2D eigenvalue weighted by atomic mass is 10.1. The molecule has 2 aromatic carbocycles. The number of fused-ring (bicyclic) bond motifs is 1. The van der Waals surface area contributed by atoms with Crippen molar-refractivity contribution in [1.29, 1.82) is 0 Å². The molecule has 0 radical (unpaired) electrons. The molecule has 0 fully saturated rings. The first-order valence-electron chi connectivity index (χ1n) is 7.98. The van der Waals surface area contributed by atoms with Crippen LogP contribution >= 0.6 is 11.6 Å². The Morgan fingerprint density at radius 3 is 2.79 bits per heavy atom. The second kappa shape index (κ2) is 7.05. The second-order valence-electron chi connectivity index (χ2n) is 5.90. The van der Waals surface area contributed by atoms with Gasteiger partial charge in [-0.05, 0) is 54.3 Å². The fourth-order valence-electron chi connectivity index (χ4n) is 2.98. The van der Waals surface area contributed by atoms with Crippen molar-refractivity contribution in [3.8, 4) is 0 Å². The van der Waals surface area contributed by atoms with Crippen molar-refractivity contribution in [2.24, 2.45) is 0 Å². The molecule has 0 saturated heterocycles. The first kappa shape index (κ1) is 16.5. The lowest BCUT2D eigenvalue weighted by molar-refractivity contribution is -0.116. The molecule has 2 aromatic rings. The Labute approximate surface area is 146 Å². The van der Waals surface area contributed by atoms with E-state index in [1.165, 1.54) is 0 Å². The molecule has 0 unspecified atom stereocenters. The molecule has 0 atom stereocenters. The number of nitrogens with zero attached hydrogens (tertiary/aromatic N) is 1. The van der Waals surface area contributed by atoms with E-state index in [4.69, 9.17) is 11.6 Å². The molecule has 1 aliphatic rings. The van der Waals surface area contributed by atoms with Crippen LogP contribution in [0, 0.1) is 0 Å². The quantitative estimate of drug-likeness (QED) is 0.927. The molecule has 4 nitrogen and oxygen atoms in total. The van der Waals surface area contributed by atoms with E-state index in [0.29, 0.717) is 23.7 Å². The Bertz CT molecular complexity index is 789. The van der Waals surface area contributed by atoms with E-state index in [9.17, 15) is 9.59 Å². The standard InChI is InChI=1S/C19H19ClN2O2/c1-13(23)22-10-8-15-12-16(5-6-18(15)22)19(24)21-9-7-14-3-2-4-17(20)11-14/h2-6,11-12H,7-10H2,1H3,(H,21,24). The third-order valence-electron chi connectivity index (χ3n) is 4.21.